The second-order valence-corrected chi connectivity index (χ2v) is 64.6. The Kier molecular flexibility index (Phi) is 3.98. The molecule has 0 atom stereocenters. The summed E-state index contributed by atoms with van der Waals surface area (Å²) in [7, 11) is 10.5. The Bertz CT molecular complexity index is 416. The molecule has 0 aromatic carbocycles. The first kappa shape index (κ1) is 19.0. The van der Waals surface area contributed by atoms with Gasteiger partial charge < -0.3 is 0 Å². The minimum absolute atomic E-state index is 0.103. The summed E-state index contributed by atoms with van der Waals surface area (Å²) in [6.07, 6.45) is 2.07. The summed E-state index contributed by atoms with van der Waals surface area (Å²) in [4.78, 5) is 0. The predicted molar refractivity (Wildman–Crippen MR) is 89.6 cm³/mol. The van der Waals surface area contributed by atoms with Crippen LogP contribution in [0.15, 0.2) is 23.8 Å². The van der Waals surface area contributed by atoms with Crippen molar-refractivity contribution in [3.63, 3.8) is 0 Å². The molecule has 0 spiro atoms. The molecule has 1 N–H and O–H groups in total. The first-order valence-corrected chi connectivity index (χ1v) is 21.5. The molecule has 109 valence electrons. The van der Waals surface area contributed by atoms with Gasteiger partial charge in [0.2, 0.25) is 0 Å². The average molecular weight is 347 g/mol. The van der Waals surface area contributed by atoms with Gasteiger partial charge in [0.05, 0.1) is 0 Å². The third-order valence-electron chi connectivity index (χ3n) is 2.46. The van der Waals surface area contributed by atoms with E-state index in [1.807, 2.05) is 6.92 Å². The van der Waals surface area contributed by atoms with E-state index >= 15 is 0 Å². The monoisotopic (exact) mass is 346 g/mol. The molecular formula is C13H30Cl2NSiTi. The zero-order valence-electron chi connectivity index (χ0n) is 13.2. The quantitative estimate of drug-likeness (QED) is 0.575. The second-order valence-electron chi connectivity index (χ2n) is 9.54. The third-order valence-corrected chi connectivity index (χ3v) is 13.0. The van der Waals surface area contributed by atoms with E-state index in [1.54, 1.807) is 0 Å². The molecule has 0 amide bonds. The molecule has 0 aliphatic carbocycles. The van der Waals surface area contributed by atoms with Crippen molar-refractivity contribution in [3.8, 4) is 0 Å². The van der Waals surface area contributed by atoms with Crippen molar-refractivity contribution in [3.05, 3.63) is 23.8 Å². The van der Waals surface area contributed by atoms with Crippen molar-refractivity contribution in [2.75, 3.05) is 0 Å². The molecule has 18 heavy (non-hydrogen) atoms. The van der Waals surface area contributed by atoms with Crippen molar-refractivity contribution >= 4 is 26.7 Å². The van der Waals surface area contributed by atoms with E-state index < -0.39 is 10.1 Å². The van der Waals surface area contributed by atoms with Crippen LogP contribution >= 0.6 is 18.6 Å². The molecule has 0 bridgehead atoms. The van der Waals surface area contributed by atoms with Gasteiger partial charge in [-0.1, -0.05) is 0 Å². The van der Waals surface area contributed by atoms with Crippen LogP contribution in [0.1, 0.15) is 34.6 Å². The van der Waals surface area contributed by atoms with E-state index in [1.165, 1.54) is 5.57 Å². The van der Waals surface area contributed by atoms with Gasteiger partial charge in [-0.15, -0.1) is 0 Å². The molecule has 0 aromatic rings. The number of halogens is 2. The topological polar surface area (TPSA) is 12.0 Å². The van der Waals surface area contributed by atoms with Gasteiger partial charge in [0.15, 0.2) is 0 Å². The van der Waals surface area contributed by atoms with Gasteiger partial charge in [0, 0.05) is 0 Å². The normalized spacial score (nSPS) is 20.7. The Morgan fingerprint density at radius 1 is 1.28 bits per heavy atom. The van der Waals surface area contributed by atoms with Crippen LogP contribution in [0.4, 0.5) is 0 Å². The molecule has 0 saturated heterocycles. The van der Waals surface area contributed by atoms with Crippen LogP contribution in [0.2, 0.25) is 15.2 Å². The van der Waals surface area contributed by atoms with Crippen LogP contribution in [0, 0.1) is 0 Å². The zero-order chi connectivity index (χ0) is 15.2. The Morgan fingerprint density at radius 3 is 1.94 bits per heavy atom. The Labute approximate surface area is 119 Å². The SMILES string of the molecule is C=C(C)C=C(C)[CH2][Ti]([CH3])([CH3])([SiH3])([Cl])([Cl])[NH]C(C)(C)C. The van der Waals surface area contributed by atoms with Crippen molar-refractivity contribution in [1.82, 2.24) is 3.80 Å². The number of rotatable bonds is 4. The Hall–Kier alpha value is 0.951. The zero-order valence-corrected chi connectivity index (χ0v) is 18.3. The fourth-order valence-corrected chi connectivity index (χ4v) is 22.1. The van der Waals surface area contributed by atoms with Gasteiger partial charge in [-0.3, -0.25) is 0 Å². The number of hydrogen-bond acceptors (Lipinski definition) is 1. The maximum absolute atomic E-state index is 7.19. The average Bonchev–Trinajstić information content (AvgIpc) is 1.66. The summed E-state index contributed by atoms with van der Waals surface area (Å²) in [5.41, 5.74) is 2.12. The van der Waals surface area contributed by atoms with E-state index in [0.29, 0.717) is 0 Å². The van der Waals surface area contributed by atoms with Gasteiger partial charge in [0.1, 0.15) is 0 Å². The van der Waals surface area contributed by atoms with Crippen LogP contribution < -0.4 is 3.80 Å². The first-order chi connectivity index (χ1) is 7.23. The Morgan fingerprint density at radius 2 is 1.67 bits per heavy atom. The molecule has 0 unspecified atom stereocenters. The van der Waals surface area contributed by atoms with Crippen molar-refractivity contribution < 1.29 is 10.1 Å². The molecule has 0 aromatic heterocycles. The Balaban J connectivity index is 5.70. The summed E-state index contributed by atoms with van der Waals surface area (Å²) in [5, 5.41) is 4.16. The van der Waals surface area contributed by atoms with Crippen LogP contribution in [0.3, 0.4) is 0 Å². The van der Waals surface area contributed by atoms with E-state index in [-0.39, 0.29) is 5.54 Å². The van der Waals surface area contributed by atoms with E-state index in [2.05, 4.69) is 54.6 Å². The van der Waals surface area contributed by atoms with E-state index in [0.717, 1.165) is 18.4 Å². The van der Waals surface area contributed by atoms with Crippen LogP contribution in [-0.4, -0.2) is 13.6 Å². The van der Waals surface area contributed by atoms with Crippen LogP contribution in [0.5, 0.6) is 0 Å². The van der Waals surface area contributed by atoms with Crippen LogP contribution in [0.25, 0.3) is 0 Å². The summed E-state index contributed by atoms with van der Waals surface area (Å²) < 4.78 is 4.35. The molecule has 0 fully saturated rings. The van der Waals surface area contributed by atoms with Gasteiger partial charge in [-0.2, -0.15) is 0 Å². The van der Waals surface area contributed by atoms with Crippen molar-refractivity contribution in [1.29, 1.82) is 0 Å². The molecule has 0 aliphatic heterocycles. The van der Waals surface area contributed by atoms with Crippen molar-refractivity contribution in [2.24, 2.45) is 0 Å². The van der Waals surface area contributed by atoms with E-state index in [4.69, 9.17) is 18.6 Å². The molecule has 0 rings (SSSR count). The molecular weight excluding hydrogens is 317 g/mol. The van der Waals surface area contributed by atoms with Gasteiger partial charge in [0.25, 0.3) is 0 Å². The van der Waals surface area contributed by atoms with E-state index in [9.17, 15) is 0 Å². The van der Waals surface area contributed by atoms with Crippen molar-refractivity contribution in [2.45, 2.75) is 55.3 Å². The summed E-state index contributed by atoms with van der Waals surface area (Å²) in [5.74, 6) is 0. The van der Waals surface area contributed by atoms with Gasteiger partial charge in [-0.25, -0.2) is 0 Å². The standard InChI is InChI=1S/C7H11.C4H10N.2CH3.2ClH.H3Si.Ti/c1-6(2)5-7(3)4;1-4(2,3)5;;;;;;/h5H,1,3H2,2,4H3;5H,1-3H3;2*1H3;2*1H;1H3;/q;-1;;;;;;+3/p-2. The van der Waals surface area contributed by atoms with Crippen LogP contribution in [-0.2, 0) is 10.1 Å². The fourth-order valence-electron chi connectivity index (χ4n) is 3.38. The van der Waals surface area contributed by atoms with Gasteiger partial charge >= 0.3 is 120 Å². The molecule has 1 nitrogen and oxygen atoms in total. The van der Waals surface area contributed by atoms with Gasteiger partial charge in [-0.05, 0) is 0 Å². The summed E-state index contributed by atoms with van der Waals surface area (Å²) in [6, 6.07) is 0. The predicted octanol–water partition coefficient (Wildman–Crippen LogP) is 4.68. The molecule has 0 heterocycles. The fraction of sp³-hybridized carbons (Fsp3) is 0.692. The molecule has 0 saturated carbocycles. The maximum atomic E-state index is 7.19. The third kappa shape index (κ3) is 8.95. The summed E-state index contributed by atoms with van der Waals surface area (Å²) in [6.45, 7) is 14.3. The second kappa shape index (κ2) is 3.78. The number of allylic oxidation sites excluding steroid dienone is 3. The molecule has 0 radical (unpaired) electrons. The molecule has 0 aliphatic rings. The first-order valence-electron chi connectivity index (χ1n) is 6.52. The molecule has 5 heteroatoms. The number of nitrogens with one attached hydrogen (secondary N) is 1. The minimum atomic E-state index is -4.61. The number of hydrogen-bond donors (Lipinski definition) is 1. The summed E-state index contributed by atoms with van der Waals surface area (Å²) >= 11 is 0.